The lowest BCUT2D eigenvalue weighted by Gasteiger charge is -2.38. The number of aliphatic hydroxyl groups excluding tert-OH is 3. The van der Waals surface area contributed by atoms with Crippen LogP contribution in [-0.2, 0) is 4.74 Å². The van der Waals surface area contributed by atoms with Crippen LogP contribution in [-0.4, -0.2) is 70.1 Å². The molecule has 0 aliphatic carbocycles. The Hall–Kier alpha value is -0.410. The summed E-state index contributed by atoms with van der Waals surface area (Å²) in [4.78, 5) is 4.14. The summed E-state index contributed by atoms with van der Waals surface area (Å²) in [6.45, 7) is -0.400. The van der Waals surface area contributed by atoms with E-state index in [1.165, 1.54) is 11.8 Å². The standard InChI is InChI=1S/C10H17FN2O4S/c11-2-1-3-12-10-13-6-8(16)7(15)5(4-14)17-9(6)18-10/h5-9,14-16H,1-4H2,(H,12,13). The van der Waals surface area contributed by atoms with E-state index in [0.29, 0.717) is 18.1 Å². The van der Waals surface area contributed by atoms with Gasteiger partial charge in [0.1, 0.15) is 23.7 Å². The van der Waals surface area contributed by atoms with Crippen molar-refractivity contribution in [2.75, 3.05) is 19.8 Å². The molecule has 8 heteroatoms. The van der Waals surface area contributed by atoms with Gasteiger partial charge in [0.25, 0.3) is 0 Å². The number of nitrogens with one attached hydrogen (secondary N) is 1. The minimum atomic E-state index is -1.13. The molecule has 0 aromatic carbocycles. The molecule has 0 aromatic heterocycles. The zero-order chi connectivity index (χ0) is 13.1. The summed E-state index contributed by atoms with van der Waals surface area (Å²) < 4.78 is 17.4. The van der Waals surface area contributed by atoms with Crippen LogP contribution in [0.2, 0.25) is 0 Å². The maximum absolute atomic E-state index is 12.0. The molecule has 0 radical (unpaired) electrons. The average molecular weight is 280 g/mol. The third kappa shape index (κ3) is 2.77. The Morgan fingerprint density at radius 2 is 2.17 bits per heavy atom. The van der Waals surface area contributed by atoms with Crippen molar-refractivity contribution in [3.8, 4) is 0 Å². The van der Waals surface area contributed by atoms with Crippen molar-refractivity contribution >= 4 is 16.9 Å². The third-order valence-electron chi connectivity index (χ3n) is 2.95. The highest BCUT2D eigenvalue weighted by Gasteiger charge is 2.48. The largest absolute Gasteiger partial charge is 0.394 e. The number of hydrogen-bond acceptors (Lipinski definition) is 6. The van der Waals surface area contributed by atoms with Gasteiger partial charge in [0.15, 0.2) is 5.17 Å². The molecule has 0 bridgehead atoms. The minimum Gasteiger partial charge on any atom is -0.394 e. The number of aliphatic hydroxyl groups is 3. The molecule has 0 aromatic rings. The number of thioether (sulfide) groups is 1. The number of alkyl halides is 1. The fourth-order valence-electron chi connectivity index (χ4n) is 1.95. The summed E-state index contributed by atoms with van der Waals surface area (Å²) in [7, 11) is 0. The summed E-state index contributed by atoms with van der Waals surface area (Å²) in [5.74, 6) is 0. The van der Waals surface area contributed by atoms with Crippen LogP contribution < -0.4 is 5.32 Å². The quantitative estimate of drug-likeness (QED) is 0.486. The summed E-state index contributed by atoms with van der Waals surface area (Å²) in [6.07, 6.45) is -2.59. The van der Waals surface area contributed by atoms with Crippen molar-refractivity contribution in [3.63, 3.8) is 0 Å². The van der Waals surface area contributed by atoms with Gasteiger partial charge in [-0.25, -0.2) is 0 Å². The van der Waals surface area contributed by atoms with Crippen LogP contribution in [0.5, 0.6) is 0 Å². The topological polar surface area (TPSA) is 94.3 Å². The van der Waals surface area contributed by atoms with Crippen molar-refractivity contribution in [1.29, 1.82) is 0 Å². The molecule has 4 N–H and O–H groups in total. The molecule has 2 aliphatic heterocycles. The van der Waals surface area contributed by atoms with E-state index in [1.807, 2.05) is 0 Å². The molecule has 6 nitrogen and oxygen atoms in total. The van der Waals surface area contributed by atoms with Gasteiger partial charge in [-0.3, -0.25) is 9.38 Å². The molecule has 2 saturated heterocycles. The van der Waals surface area contributed by atoms with Gasteiger partial charge in [0.2, 0.25) is 0 Å². The number of rotatable bonds is 4. The van der Waals surface area contributed by atoms with Gasteiger partial charge in [-0.15, -0.1) is 0 Å². The lowest BCUT2D eigenvalue weighted by Crippen LogP contribution is -2.59. The van der Waals surface area contributed by atoms with E-state index >= 15 is 0 Å². The Morgan fingerprint density at radius 1 is 1.39 bits per heavy atom. The number of amidine groups is 1. The maximum Gasteiger partial charge on any atom is 0.159 e. The van der Waals surface area contributed by atoms with Crippen LogP contribution >= 0.6 is 11.8 Å². The second kappa shape index (κ2) is 6.16. The molecule has 104 valence electrons. The fraction of sp³-hybridized carbons (Fsp3) is 0.900. The Kier molecular flexibility index (Phi) is 4.79. The number of aliphatic imine (C=N–C) groups is 1. The van der Waals surface area contributed by atoms with Crippen LogP contribution in [0.4, 0.5) is 4.39 Å². The van der Waals surface area contributed by atoms with Crippen LogP contribution in [0, 0.1) is 0 Å². The summed E-state index contributed by atoms with van der Waals surface area (Å²) >= 11 is 1.28. The highest BCUT2D eigenvalue weighted by atomic mass is 32.2. The second-order valence-electron chi connectivity index (χ2n) is 4.22. The van der Waals surface area contributed by atoms with E-state index in [1.54, 1.807) is 0 Å². The first kappa shape index (κ1) is 14.0. The zero-order valence-electron chi connectivity index (χ0n) is 9.70. The molecule has 2 heterocycles. The third-order valence-corrected chi connectivity index (χ3v) is 4.05. The van der Waals surface area contributed by atoms with E-state index in [9.17, 15) is 14.6 Å². The second-order valence-corrected chi connectivity index (χ2v) is 5.31. The normalized spacial score (nSPS) is 41.8. The number of ether oxygens (including phenoxy) is 1. The van der Waals surface area contributed by atoms with Crippen molar-refractivity contribution in [2.45, 2.75) is 36.2 Å². The van der Waals surface area contributed by atoms with Gasteiger partial charge < -0.3 is 25.4 Å². The van der Waals surface area contributed by atoms with Gasteiger partial charge in [0.05, 0.1) is 19.3 Å². The SMILES string of the molecule is OCC1OC2SC(=NCCCF)NC2C(O)C1O. The number of hydrogen-bond donors (Lipinski definition) is 4. The monoisotopic (exact) mass is 280 g/mol. The molecule has 0 saturated carbocycles. The number of halogens is 1. The van der Waals surface area contributed by atoms with Crippen LogP contribution in [0.25, 0.3) is 0 Å². The van der Waals surface area contributed by atoms with E-state index in [0.717, 1.165) is 0 Å². The molecule has 0 spiro atoms. The highest BCUT2D eigenvalue weighted by Crippen LogP contribution is 2.33. The summed E-state index contributed by atoms with van der Waals surface area (Å²) in [6, 6.07) is -0.461. The van der Waals surface area contributed by atoms with E-state index in [-0.39, 0.29) is 6.61 Å². The molecular weight excluding hydrogens is 263 g/mol. The molecule has 2 aliphatic rings. The Balaban J connectivity index is 1.98. The highest BCUT2D eigenvalue weighted by molar-refractivity contribution is 8.14. The van der Waals surface area contributed by atoms with Crippen LogP contribution in [0.3, 0.4) is 0 Å². The first-order chi connectivity index (χ1) is 8.67. The van der Waals surface area contributed by atoms with Gasteiger partial charge in [-0.05, 0) is 6.42 Å². The smallest absolute Gasteiger partial charge is 0.159 e. The number of fused-ring (bicyclic) bond motifs is 1. The van der Waals surface area contributed by atoms with Crippen LogP contribution in [0.1, 0.15) is 6.42 Å². The maximum atomic E-state index is 12.0. The Morgan fingerprint density at radius 3 is 2.83 bits per heavy atom. The Bertz CT molecular complexity index is 320. The molecule has 5 atom stereocenters. The molecule has 18 heavy (non-hydrogen) atoms. The van der Waals surface area contributed by atoms with E-state index in [4.69, 9.17) is 9.84 Å². The summed E-state index contributed by atoms with van der Waals surface area (Å²) in [5.41, 5.74) is -0.398. The van der Waals surface area contributed by atoms with Gasteiger partial charge in [-0.2, -0.15) is 0 Å². The lowest BCUT2D eigenvalue weighted by molar-refractivity contribution is -0.167. The van der Waals surface area contributed by atoms with E-state index < -0.39 is 36.5 Å². The number of nitrogens with zero attached hydrogens (tertiary/aromatic N) is 1. The predicted molar refractivity (Wildman–Crippen MR) is 65.2 cm³/mol. The minimum absolute atomic E-state index is 0.351. The fourth-order valence-corrected chi connectivity index (χ4v) is 3.11. The zero-order valence-corrected chi connectivity index (χ0v) is 10.5. The molecule has 2 fully saturated rings. The molecule has 5 unspecified atom stereocenters. The molecular formula is C10H17FN2O4S. The molecule has 0 amide bonds. The van der Waals surface area contributed by atoms with Gasteiger partial charge in [0, 0.05) is 6.54 Å². The van der Waals surface area contributed by atoms with Crippen molar-refractivity contribution in [1.82, 2.24) is 5.32 Å². The van der Waals surface area contributed by atoms with Crippen molar-refractivity contribution in [2.24, 2.45) is 4.99 Å². The van der Waals surface area contributed by atoms with Gasteiger partial charge in [-0.1, -0.05) is 11.8 Å². The van der Waals surface area contributed by atoms with Crippen molar-refractivity contribution < 1.29 is 24.4 Å². The summed E-state index contributed by atoms with van der Waals surface area (Å²) in [5, 5.41) is 32.2. The predicted octanol–water partition coefficient (Wildman–Crippen LogP) is -1.15. The van der Waals surface area contributed by atoms with Crippen LogP contribution in [0.15, 0.2) is 4.99 Å². The first-order valence-electron chi connectivity index (χ1n) is 5.83. The van der Waals surface area contributed by atoms with Crippen molar-refractivity contribution in [3.05, 3.63) is 0 Å². The van der Waals surface area contributed by atoms with E-state index in [2.05, 4.69) is 10.3 Å². The average Bonchev–Trinajstić information content (AvgIpc) is 2.77. The van der Waals surface area contributed by atoms with Gasteiger partial charge >= 0.3 is 0 Å². The lowest BCUT2D eigenvalue weighted by atomic mass is 9.98. The Labute approximate surface area is 108 Å². The first-order valence-corrected chi connectivity index (χ1v) is 6.71. The molecule has 2 rings (SSSR count).